The van der Waals surface area contributed by atoms with E-state index in [9.17, 15) is 9.59 Å². The summed E-state index contributed by atoms with van der Waals surface area (Å²) in [6.07, 6.45) is 3.19. The molecule has 2 amide bonds. The maximum atomic E-state index is 12.6. The lowest BCUT2D eigenvalue weighted by Crippen LogP contribution is -2.33. The first-order valence-electron chi connectivity index (χ1n) is 8.76. The number of carbonyl (C=O) groups excluding carboxylic acids is 2. The molecule has 2 aromatic carbocycles. The number of hydrogen-bond donors (Lipinski definition) is 2. The number of amides is 2. The fourth-order valence-corrected chi connectivity index (χ4v) is 2.76. The van der Waals surface area contributed by atoms with Gasteiger partial charge in [0.25, 0.3) is 5.91 Å². The molecule has 0 aliphatic heterocycles. The highest BCUT2D eigenvalue weighted by molar-refractivity contribution is 6.12. The number of carbonyl (C=O) groups is 2. The van der Waals surface area contributed by atoms with Crippen molar-refractivity contribution in [1.29, 1.82) is 0 Å². The number of benzene rings is 2. The molecule has 7 nitrogen and oxygen atoms in total. The Balaban J connectivity index is 1.62. The highest BCUT2D eigenvalue weighted by Crippen LogP contribution is 2.19. The quantitative estimate of drug-likeness (QED) is 0.671. The average Bonchev–Trinajstić information content (AvgIpc) is 3.07. The third-order valence-corrected chi connectivity index (χ3v) is 4.11. The lowest BCUT2D eigenvalue weighted by atomic mass is 10.0. The lowest BCUT2D eigenvalue weighted by molar-refractivity contribution is -0.121. The average molecular weight is 365 g/mol. The van der Waals surface area contributed by atoms with Crippen molar-refractivity contribution >= 4 is 28.3 Å². The molecule has 7 heteroatoms. The molecule has 0 fully saturated rings. The SMILES string of the molecule is CN(C)CCNC(=O)Cn1cc(NC(=O)c2cccc3ccccc23)cn1. The third-order valence-electron chi connectivity index (χ3n) is 4.11. The summed E-state index contributed by atoms with van der Waals surface area (Å²) >= 11 is 0. The Labute approximate surface area is 158 Å². The van der Waals surface area contributed by atoms with Crippen LogP contribution in [0.1, 0.15) is 10.4 Å². The minimum atomic E-state index is -0.207. The second-order valence-corrected chi connectivity index (χ2v) is 6.56. The number of fused-ring (bicyclic) bond motifs is 1. The Morgan fingerprint density at radius 1 is 1.11 bits per heavy atom. The van der Waals surface area contributed by atoms with Gasteiger partial charge in [0.2, 0.25) is 5.91 Å². The van der Waals surface area contributed by atoms with Crippen LogP contribution in [0.2, 0.25) is 0 Å². The molecule has 0 bridgehead atoms. The van der Waals surface area contributed by atoms with Crippen molar-refractivity contribution in [3.8, 4) is 0 Å². The molecule has 27 heavy (non-hydrogen) atoms. The predicted molar refractivity (Wildman–Crippen MR) is 106 cm³/mol. The standard InChI is InChI=1S/C20H23N5O2/c1-24(2)11-10-21-19(26)14-25-13-16(12-22-25)23-20(27)18-9-5-7-15-6-3-4-8-17(15)18/h3-9,12-13H,10-11,14H2,1-2H3,(H,21,26)(H,23,27). The van der Waals surface area contributed by atoms with E-state index in [4.69, 9.17) is 0 Å². The van der Waals surface area contributed by atoms with Gasteiger partial charge in [-0.2, -0.15) is 5.10 Å². The van der Waals surface area contributed by atoms with E-state index in [-0.39, 0.29) is 18.4 Å². The van der Waals surface area contributed by atoms with E-state index in [0.29, 0.717) is 17.8 Å². The summed E-state index contributed by atoms with van der Waals surface area (Å²) in [5, 5.41) is 11.7. The van der Waals surface area contributed by atoms with Crippen LogP contribution in [-0.4, -0.2) is 53.7 Å². The number of aromatic nitrogens is 2. The van der Waals surface area contributed by atoms with Crippen molar-refractivity contribution < 1.29 is 9.59 Å². The molecular weight excluding hydrogens is 342 g/mol. The number of likely N-dealkylation sites (N-methyl/N-ethyl adjacent to an activating group) is 1. The molecule has 1 aromatic heterocycles. The van der Waals surface area contributed by atoms with E-state index in [0.717, 1.165) is 17.3 Å². The van der Waals surface area contributed by atoms with Crippen LogP contribution in [0.25, 0.3) is 10.8 Å². The zero-order valence-corrected chi connectivity index (χ0v) is 15.5. The maximum Gasteiger partial charge on any atom is 0.256 e. The van der Waals surface area contributed by atoms with E-state index in [2.05, 4.69) is 15.7 Å². The van der Waals surface area contributed by atoms with Crippen molar-refractivity contribution in [2.45, 2.75) is 6.54 Å². The highest BCUT2D eigenvalue weighted by Gasteiger charge is 2.11. The van der Waals surface area contributed by atoms with Gasteiger partial charge in [-0.1, -0.05) is 36.4 Å². The smallest absolute Gasteiger partial charge is 0.256 e. The lowest BCUT2D eigenvalue weighted by Gasteiger charge is -2.10. The summed E-state index contributed by atoms with van der Waals surface area (Å²) < 4.78 is 1.50. The van der Waals surface area contributed by atoms with Gasteiger partial charge in [-0.25, -0.2) is 0 Å². The summed E-state index contributed by atoms with van der Waals surface area (Å²) in [6, 6.07) is 13.4. The van der Waals surface area contributed by atoms with Crippen LogP contribution in [0.15, 0.2) is 54.9 Å². The van der Waals surface area contributed by atoms with Gasteiger partial charge in [0, 0.05) is 24.8 Å². The molecule has 0 atom stereocenters. The Hall–Kier alpha value is -3.19. The predicted octanol–water partition coefficient (Wildman–Crippen LogP) is 1.97. The molecule has 0 saturated carbocycles. The largest absolute Gasteiger partial charge is 0.353 e. The normalized spacial score (nSPS) is 10.9. The van der Waals surface area contributed by atoms with Crippen LogP contribution in [0.3, 0.4) is 0 Å². The van der Waals surface area contributed by atoms with E-state index >= 15 is 0 Å². The summed E-state index contributed by atoms with van der Waals surface area (Å²) in [5.41, 5.74) is 1.15. The number of hydrogen-bond acceptors (Lipinski definition) is 4. The molecule has 0 spiro atoms. The minimum Gasteiger partial charge on any atom is -0.353 e. The summed E-state index contributed by atoms with van der Waals surface area (Å²) in [5.74, 6) is -0.325. The summed E-state index contributed by atoms with van der Waals surface area (Å²) in [6.45, 7) is 1.46. The second kappa shape index (κ2) is 8.46. The number of rotatable bonds is 7. The molecule has 0 radical (unpaired) electrons. The van der Waals surface area contributed by atoms with Crippen LogP contribution in [-0.2, 0) is 11.3 Å². The van der Waals surface area contributed by atoms with Crippen LogP contribution in [0.5, 0.6) is 0 Å². The zero-order valence-electron chi connectivity index (χ0n) is 15.5. The van der Waals surface area contributed by atoms with Crippen LogP contribution in [0.4, 0.5) is 5.69 Å². The second-order valence-electron chi connectivity index (χ2n) is 6.56. The van der Waals surface area contributed by atoms with Crippen molar-refractivity contribution in [1.82, 2.24) is 20.0 Å². The van der Waals surface area contributed by atoms with E-state index in [1.807, 2.05) is 55.4 Å². The van der Waals surface area contributed by atoms with Crippen LogP contribution >= 0.6 is 0 Å². The van der Waals surface area contributed by atoms with E-state index in [1.54, 1.807) is 12.3 Å². The molecule has 0 aliphatic carbocycles. The van der Waals surface area contributed by atoms with Crippen LogP contribution < -0.4 is 10.6 Å². The Kier molecular flexibility index (Phi) is 5.83. The molecule has 140 valence electrons. The first kappa shape index (κ1) is 18.6. The van der Waals surface area contributed by atoms with Crippen LogP contribution in [0, 0.1) is 0 Å². The fourth-order valence-electron chi connectivity index (χ4n) is 2.76. The number of nitrogens with one attached hydrogen (secondary N) is 2. The summed E-state index contributed by atoms with van der Waals surface area (Å²) in [7, 11) is 3.90. The van der Waals surface area contributed by atoms with Gasteiger partial charge in [-0.05, 0) is 30.9 Å². The maximum absolute atomic E-state index is 12.6. The zero-order chi connectivity index (χ0) is 19.2. The number of anilines is 1. The van der Waals surface area contributed by atoms with Gasteiger partial charge in [-0.15, -0.1) is 0 Å². The van der Waals surface area contributed by atoms with E-state index < -0.39 is 0 Å². The fraction of sp³-hybridized carbons (Fsp3) is 0.250. The molecule has 3 aromatic rings. The van der Waals surface area contributed by atoms with E-state index in [1.165, 1.54) is 10.9 Å². The molecule has 3 rings (SSSR count). The monoisotopic (exact) mass is 365 g/mol. The van der Waals surface area contributed by atoms with Crippen molar-refractivity contribution in [2.75, 3.05) is 32.5 Å². The van der Waals surface area contributed by atoms with Crippen molar-refractivity contribution in [3.05, 3.63) is 60.4 Å². The molecule has 0 saturated heterocycles. The Morgan fingerprint density at radius 2 is 1.89 bits per heavy atom. The molecule has 2 N–H and O–H groups in total. The first-order valence-corrected chi connectivity index (χ1v) is 8.76. The van der Waals surface area contributed by atoms with Crippen molar-refractivity contribution in [3.63, 3.8) is 0 Å². The first-order chi connectivity index (χ1) is 13.0. The molecular formula is C20H23N5O2. The Morgan fingerprint density at radius 3 is 2.70 bits per heavy atom. The topological polar surface area (TPSA) is 79.3 Å². The van der Waals surface area contributed by atoms with Gasteiger partial charge in [0.1, 0.15) is 6.54 Å². The Bertz CT molecular complexity index is 943. The van der Waals surface area contributed by atoms with Crippen molar-refractivity contribution in [2.24, 2.45) is 0 Å². The van der Waals surface area contributed by atoms with Gasteiger partial charge < -0.3 is 15.5 Å². The highest BCUT2D eigenvalue weighted by atomic mass is 16.2. The molecule has 0 aliphatic rings. The van der Waals surface area contributed by atoms with Gasteiger partial charge in [0.15, 0.2) is 0 Å². The number of nitrogens with zero attached hydrogens (tertiary/aromatic N) is 3. The van der Waals surface area contributed by atoms with Gasteiger partial charge >= 0.3 is 0 Å². The third kappa shape index (κ3) is 4.92. The summed E-state index contributed by atoms with van der Waals surface area (Å²) in [4.78, 5) is 26.5. The molecule has 0 unspecified atom stereocenters. The van der Waals surface area contributed by atoms with Gasteiger partial charge in [0.05, 0.1) is 11.9 Å². The molecule has 1 heterocycles. The van der Waals surface area contributed by atoms with Gasteiger partial charge in [-0.3, -0.25) is 14.3 Å². The minimum absolute atomic E-state index is 0.109.